The Morgan fingerprint density at radius 3 is 2.61 bits per heavy atom. The molecule has 0 aliphatic rings. The molecule has 2 heterocycles. The van der Waals surface area contributed by atoms with Gasteiger partial charge in [0, 0.05) is 6.54 Å². The molecule has 0 radical (unpaired) electrons. The fraction of sp³-hybridized carbons (Fsp3) is 0.174. The second kappa shape index (κ2) is 9.45. The van der Waals surface area contributed by atoms with Gasteiger partial charge in [0.15, 0.2) is 34.0 Å². The number of benzene rings is 2. The Morgan fingerprint density at radius 2 is 1.85 bits per heavy atom. The Kier molecular flexibility index (Phi) is 6.45. The molecule has 2 amide bonds. The minimum absolute atomic E-state index is 0.0181. The number of nitrogens with one attached hydrogen (secondary N) is 1. The first-order valence-corrected chi connectivity index (χ1v) is 10.9. The van der Waals surface area contributed by atoms with Crippen LogP contribution in [0, 0.1) is 17.5 Å². The van der Waals surface area contributed by atoms with Crippen LogP contribution in [0.1, 0.15) is 23.9 Å². The summed E-state index contributed by atoms with van der Waals surface area (Å²) in [7, 11) is 0. The highest BCUT2D eigenvalue weighted by Crippen LogP contribution is 2.31. The molecular formula is C23H18F3N3O3S. The minimum atomic E-state index is -1.69. The number of rotatable bonds is 7. The van der Waals surface area contributed by atoms with E-state index >= 15 is 0 Å². The van der Waals surface area contributed by atoms with Crippen molar-refractivity contribution in [3.8, 4) is 10.8 Å². The van der Waals surface area contributed by atoms with Crippen molar-refractivity contribution in [1.82, 2.24) is 9.88 Å². The van der Waals surface area contributed by atoms with E-state index < -0.39 is 41.5 Å². The second-order valence-corrected chi connectivity index (χ2v) is 8.18. The summed E-state index contributed by atoms with van der Waals surface area (Å²) < 4.78 is 47.0. The zero-order valence-electron chi connectivity index (χ0n) is 17.4. The van der Waals surface area contributed by atoms with Gasteiger partial charge in [0.05, 0.1) is 15.9 Å². The number of furan rings is 1. The van der Waals surface area contributed by atoms with Gasteiger partial charge in [-0.15, -0.1) is 11.3 Å². The lowest BCUT2D eigenvalue weighted by atomic mass is 10.2. The van der Waals surface area contributed by atoms with E-state index in [1.807, 2.05) is 31.2 Å². The molecule has 2 aromatic carbocycles. The Hall–Kier alpha value is -3.66. The van der Waals surface area contributed by atoms with Crippen molar-refractivity contribution < 1.29 is 27.2 Å². The van der Waals surface area contributed by atoms with Crippen LogP contribution in [0.15, 0.2) is 52.9 Å². The molecule has 0 aliphatic heterocycles. The van der Waals surface area contributed by atoms with Crippen molar-refractivity contribution in [2.45, 2.75) is 13.3 Å². The van der Waals surface area contributed by atoms with Crippen LogP contribution in [0.25, 0.3) is 21.0 Å². The maximum Gasteiger partial charge on any atom is 0.290 e. The van der Waals surface area contributed by atoms with Crippen molar-refractivity contribution in [2.75, 3.05) is 18.4 Å². The van der Waals surface area contributed by atoms with Crippen molar-refractivity contribution in [2.24, 2.45) is 0 Å². The third-order valence-corrected chi connectivity index (χ3v) is 5.80. The Bertz CT molecular complexity index is 1300. The van der Waals surface area contributed by atoms with Gasteiger partial charge < -0.3 is 14.6 Å². The maximum absolute atomic E-state index is 13.8. The molecule has 33 heavy (non-hydrogen) atoms. The summed E-state index contributed by atoms with van der Waals surface area (Å²) in [4.78, 5) is 31.1. The molecule has 1 N–H and O–H groups in total. The van der Waals surface area contributed by atoms with E-state index in [1.54, 1.807) is 6.07 Å². The first-order valence-electron chi connectivity index (χ1n) is 10.1. The van der Waals surface area contributed by atoms with Gasteiger partial charge in [-0.05, 0) is 42.8 Å². The van der Waals surface area contributed by atoms with E-state index in [4.69, 9.17) is 4.42 Å². The van der Waals surface area contributed by atoms with Crippen molar-refractivity contribution in [3.05, 3.63) is 71.7 Å². The first-order chi connectivity index (χ1) is 15.9. The number of para-hydroxylation sites is 1. The fourth-order valence-corrected chi connectivity index (χ4v) is 4.14. The highest BCUT2D eigenvalue weighted by molar-refractivity contribution is 7.21. The summed E-state index contributed by atoms with van der Waals surface area (Å²) in [5.41, 5.74) is 0.300. The van der Waals surface area contributed by atoms with Gasteiger partial charge in [-0.1, -0.05) is 19.1 Å². The standard InChI is InChI=1S/C23H18F3N3O3S/c1-2-11-29(12-19(30)27-15-8-7-13(24)20(25)21(15)26)23(31)17-10-9-16(32-17)22-28-14-5-3-4-6-18(14)33-22/h3-10H,2,11-12H2,1H3,(H,27,30). The average Bonchev–Trinajstić information content (AvgIpc) is 3.46. The SMILES string of the molecule is CCCN(CC(=O)Nc1ccc(F)c(F)c1F)C(=O)c1ccc(-c2nc3ccccc3s2)o1. The highest BCUT2D eigenvalue weighted by Gasteiger charge is 2.23. The van der Waals surface area contributed by atoms with Crippen LogP contribution in [0.2, 0.25) is 0 Å². The molecule has 0 saturated carbocycles. The normalized spacial score (nSPS) is 11.0. The van der Waals surface area contributed by atoms with E-state index in [0.717, 1.165) is 16.3 Å². The first kappa shape index (κ1) is 22.5. The van der Waals surface area contributed by atoms with Crippen molar-refractivity contribution in [3.63, 3.8) is 0 Å². The Morgan fingerprint density at radius 1 is 1.06 bits per heavy atom. The molecule has 0 unspecified atom stereocenters. The van der Waals surface area contributed by atoms with Crippen LogP contribution in [-0.4, -0.2) is 34.8 Å². The molecule has 0 bridgehead atoms. The van der Waals surface area contributed by atoms with Gasteiger partial charge in [0.25, 0.3) is 5.91 Å². The van der Waals surface area contributed by atoms with Gasteiger partial charge in [-0.25, -0.2) is 18.2 Å². The fourth-order valence-electron chi connectivity index (χ4n) is 3.21. The highest BCUT2D eigenvalue weighted by atomic mass is 32.1. The molecule has 170 valence electrons. The molecule has 0 spiro atoms. The van der Waals surface area contributed by atoms with Crippen LogP contribution in [0.3, 0.4) is 0 Å². The number of nitrogens with zero attached hydrogens (tertiary/aromatic N) is 2. The summed E-state index contributed by atoms with van der Waals surface area (Å²) in [6.45, 7) is 1.62. The number of anilines is 1. The van der Waals surface area contributed by atoms with Crippen LogP contribution >= 0.6 is 11.3 Å². The lowest BCUT2D eigenvalue weighted by Gasteiger charge is -2.20. The number of carbonyl (C=O) groups excluding carboxylic acids is 2. The summed E-state index contributed by atoms with van der Waals surface area (Å²) in [5.74, 6) is -5.43. The number of aromatic nitrogens is 1. The van der Waals surface area contributed by atoms with Crippen LogP contribution in [0.4, 0.5) is 18.9 Å². The number of amides is 2. The summed E-state index contributed by atoms with van der Waals surface area (Å²) in [6.07, 6.45) is 0.546. The molecule has 2 aromatic heterocycles. The predicted molar refractivity (Wildman–Crippen MR) is 118 cm³/mol. The molecule has 0 atom stereocenters. The third-order valence-electron chi connectivity index (χ3n) is 4.75. The van der Waals surface area contributed by atoms with E-state index in [0.29, 0.717) is 23.3 Å². The summed E-state index contributed by atoms with van der Waals surface area (Å²) in [6, 6.07) is 12.3. The van der Waals surface area contributed by atoms with Crippen LogP contribution in [-0.2, 0) is 4.79 Å². The van der Waals surface area contributed by atoms with E-state index in [2.05, 4.69) is 10.3 Å². The van der Waals surface area contributed by atoms with Crippen molar-refractivity contribution >= 4 is 39.1 Å². The third kappa shape index (κ3) is 4.75. The second-order valence-electron chi connectivity index (χ2n) is 7.15. The Balaban J connectivity index is 1.49. The monoisotopic (exact) mass is 473 g/mol. The summed E-state index contributed by atoms with van der Waals surface area (Å²) >= 11 is 1.42. The van der Waals surface area contributed by atoms with E-state index in [9.17, 15) is 22.8 Å². The average molecular weight is 473 g/mol. The number of fused-ring (bicyclic) bond motifs is 1. The Labute approximate surface area is 190 Å². The zero-order valence-corrected chi connectivity index (χ0v) is 18.2. The molecule has 6 nitrogen and oxygen atoms in total. The van der Waals surface area contributed by atoms with Crippen LogP contribution in [0.5, 0.6) is 0 Å². The van der Waals surface area contributed by atoms with Gasteiger partial charge in [0.1, 0.15) is 6.54 Å². The van der Waals surface area contributed by atoms with Gasteiger partial charge in [-0.2, -0.15) is 0 Å². The lowest BCUT2D eigenvalue weighted by Crippen LogP contribution is -2.38. The number of carbonyl (C=O) groups is 2. The molecular weight excluding hydrogens is 455 g/mol. The maximum atomic E-state index is 13.8. The van der Waals surface area contributed by atoms with E-state index in [1.165, 1.54) is 22.3 Å². The number of hydrogen-bond acceptors (Lipinski definition) is 5. The van der Waals surface area contributed by atoms with Gasteiger partial charge >= 0.3 is 0 Å². The number of halogens is 3. The smallest absolute Gasteiger partial charge is 0.290 e. The quantitative estimate of drug-likeness (QED) is 0.362. The molecule has 10 heteroatoms. The van der Waals surface area contributed by atoms with E-state index in [-0.39, 0.29) is 12.3 Å². The molecule has 4 rings (SSSR count). The van der Waals surface area contributed by atoms with Gasteiger partial charge in [0.2, 0.25) is 5.91 Å². The minimum Gasteiger partial charge on any atom is -0.448 e. The molecule has 4 aromatic rings. The van der Waals surface area contributed by atoms with Crippen LogP contribution < -0.4 is 5.32 Å². The molecule has 0 aliphatic carbocycles. The summed E-state index contributed by atoms with van der Waals surface area (Å²) in [5, 5.41) is 2.78. The lowest BCUT2D eigenvalue weighted by molar-refractivity contribution is -0.116. The molecule has 0 fully saturated rings. The zero-order chi connectivity index (χ0) is 23.5. The van der Waals surface area contributed by atoms with Gasteiger partial charge in [-0.3, -0.25) is 9.59 Å². The topological polar surface area (TPSA) is 75.4 Å². The predicted octanol–water partition coefficient (Wildman–Crippen LogP) is 5.46. The largest absolute Gasteiger partial charge is 0.448 e. The van der Waals surface area contributed by atoms with Crippen molar-refractivity contribution in [1.29, 1.82) is 0 Å². The number of thiazole rings is 1. The number of hydrogen-bond donors (Lipinski definition) is 1. The molecule has 0 saturated heterocycles.